The Bertz CT molecular complexity index is 630. The van der Waals surface area contributed by atoms with Gasteiger partial charge < -0.3 is 35.5 Å². The Labute approximate surface area is 142 Å². The van der Waals surface area contributed by atoms with Crippen LogP contribution in [-0.4, -0.2) is 29.2 Å². The lowest BCUT2D eigenvalue weighted by molar-refractivity contribution is -0.688. The molecule has 1 heterocycles. The average molecular weight is 333 g/mol. The Hall–Kier alpha value is -2.05. The summed E-state index contributed by atoms with van der Waals surface area (Å²) in [6.45, 7) is 0.738. The van der Waals surface area contributed by atoms with Gasteiger partial charge in [-0.1, -0.05) is 34.7 Å². The molecule has 2 aromatic rings. The number of rotatable bonds is 3. The molecule has 1 amide bonds. The van der Waals surface area contributed by atoms with Gasteiger partial charge in [0.1, 0.15) is 5.56 Å². The largest absolute Gasteiger partial charge is 0.411 e. The van der Waals surface area contributed by atoms with Gasteiger partial charge in [0.05, 0.1) is 0 Å². The number of nitrogens with two attached hydrogens (primary N) is 1. The van der Waals surface area contributed by atoms with E-state index in [1.165, 1.54) is 5.56 Å². The van der Waals surface area contributed by atoms with Gasteiger partial charge in [-0.15, -0.1) is 0 Å². The first-order valence-electron chi connectivity index (χ1n) is 6.61. The number of amides is 1. The van der Waals surface area contributed by atoms with Crippen LogP contribution in [0.25, 0.3) is 0 Å². The Morgan fingerprint density at radius 1 is 1.23 bits per heavy atom. The standard InChI is InChI=1S/C13H12N2O.C3H7NS2/c14-13(16)12-7-4-8-15(10-12)9-11-5-2-1-3-6-11;1-4(2)3(5)6/h1-8,10H,9H2,(H-,14,16);1-2H3,(H,5,6). The third-order valence-corrected chi connectivity index (χ3v) is 3.45. The zero-order valence-corrected chi connectivity index (χ0v) is 14.2. The fourth-order valence-corrected chi connectivity index (χ4v) is 1.56. The molecule has 116 valence electrons. The number of primary amides is 1. The lowest BCUT2D eigenvalue weighted by Gasteiger charge is -2.15. The molecule has 0 atom stereocenters. The van der Waals surface area contributed by atoms with Crippen LogP contribution in [0.1, 0.15) is 15.9 Å². The van der Waals surface area contributed by atoms with Gasteiger partial charge in [0, 0.05) is 25.7 Å². The zero-order chi connectivity index (χ0) is 16.5. The number of benzene rings is 1. The van der Waals surface area contributed by atoms with E-state index in [1.54, 1.807) is 17.2 Å². The molecule has 0 saturated carbocycles. The fourth-order valence-electron chi connectivity index (χ4n) is 1.56. The summed E-state index contributed by atoms with van der Waals surface area (Å²) < 4.78 is 2.45. The van der Waals surface area contributed by atoms with Crippen LogP contribution in [0, 0.1) is 0 Å². The first-order valence-corrected chi connectivity index (χ1v) is 7.43. The van der Waals surface area contributed by atoms with Gasteiger partial charge in [0.2, 0.25) is 0 Å². The molecule has 0 aliphatic heterocycles. The van der Waals surface area contributed by atoms with Crippen LogP contribution in [0.2, 0.25) is 0 Å². The van der Waals surface area contributed by atoms with E-state index in [2.05, 4.69) is 24.8 Å². The number of carbonyl (C=O) groups excluding carboxylic acids is 1. The Kier molecular flexibility index (Phi) is 7.42. The highest BCUT2D eigenvalue weighted by Crippen LogP contribution is 1.98. The van der Waals surface area contributed by atoms with E-state index in [1.807, 2.05) is 61.3 Å². The molecule has 1 aromatic heterocycles. The zero-order valence-electron chi connectivity index (χ0n) is 12.6. The summed E-state index contributed by atoms with van der Waals surface area (Å²) in [7, 11) is 3.66. The molecule has 1 aromatic carbocycles. The van der Waals surface area contributed by atoms with Crippen LogP contribution in [0.5, 0.6) is 0 Å². The minimum Gasteiger partial charge on any atom is -0.411 e. The van der Waals surface area contributed by atoms with E-state index in [0.29, 0.717) is 9.88 Å². The highest BCUT2D eigenvalue weighted by molar-refractivity contribution is 8.00. The van der Waals surface area contributed by atoms with Crippen LogP contribution < -0.4 is 10.3 Å². The first-order chi connectivity index (χ1) is 10.4. The van der Waals surface area contributed by atoms with E-state index in [4.69, 9.17) is 5.73 Å². The molecule has 0 fully saturated rings. The topological polar surface area (TPSA) is 50.2 Å². The van der Waals surface area contributed by atoms with Crippen molar-refractivity contribution in [3.63, 3.8) is 0 Å². The van der Waals surface area contributed by atoms with E-state index < -0.39 is 5.91 Å². The first kappa shape index (κ1) is 18.0. The molecular formula is C16H19N3OS2. The Morgan fingerprint density at radius 3 is 2.32 bits per heavy atom. The summed E-state index contributed by atoms with van der Waals surface area (Å²) in [6.07, 6.45) is 3.68. The van der Waals surface area contributed by atoms with Crippen molar-refractivity contribution in [1.82, 2.24) is 4.90 Å². The Balaban J connectivity index is 0.000000346. The number of nitrogens with zero attached hydrogens (tertiary/aromatic N) is 2. The fraction of sp³-hybridized carbons (Fsp3) is 0.188. The monoisotopic (exact) mass is 333 g/mol. The molecule has 0 aliphatic carbocycles. The summed E-state index contributed by atoms with van der Waals surface area (Å²) in [5.74, 6) is -0.401. The minimum atomic E-state index is -0.401. The van der Waals surface area contributed by atoms with E-state index in [-0.39, 0.29) is 0 Å². The smallest absolute Gasteiger partial charge is 0.254 e. The van der Waals surface area contributed by atoms with Gasteiger partial charge in [0.25, 0.3) is 5.91 Å². The minimum absolute atomic E-state index is 0.401. The summed E-state index contributed by atoms with van der Waals surface area (Å²) in [6, 6.07) is 13.6. The van der Waals surface area contributed by atoms with Crippen LogP contribution in [0.4, 0.5) is 0 Å². The lowest BCUT2D eigenvalue weighted by Crippen LogP contribution is -2.35. The van der Waals surface area contributed by atoms with Crippen molar-refractivity contribution in [2.75, 3.05) is 14.1 Å². The number of aromatic nitrogens is 1. The van der Waals surface area contributed by atoms with E-state index in [9.17, 15) is 4.79 Å². The number of thiocarbonyl (C=S) groups is 1. The molecular weight excluding hydrogens is 314 g/mol. The molecule has 0 bridgehead atoms. The molecule has 2 N–H and O–H groups in total. The summed E-state index contributed by atoms with van der Waals surface area (Å²) >= 11 is 9.12. The third kappa shape index (κ3) is 6.60. The summed E-state index contributed by atoms with van der Waals surface area (Å²) in [5, 5.41) is 0. The molecule has 22 heavy (non-hydrogen) atoms. The van der Waals surface area contributed by atoms with Crippen molar-refractivity contribution < 1.29 is 9.36 Å². The third-order valence-electron chi connectivity index (χ3n) is 2.72. The van der Waals surface area contributed by atoms with Gasteiger partial charge in [-0.2, -0.15) is 4.57 Å². The summed E-state index contributed by atoms with van der Waals surface area (Å²) in [5.41, 5.74) is 6.94. The van der Waals surface area contributed by atoms with Crippen molar-refractivity contribution in [2.45, 2.75) is 6.54 Å². The molecule has 2 rings (SSSR count). The van der Waals surface area contributed by atoms with Crippen LogP contribution in [0.3, 0.4) is 0 Å². The van der Waals surface area contributed by atoms with Crippen LogP contribution in [0.15, 0.2) is 54.9 Å². The second-order valence-electron chi connectivity index (χ2n) is 4.78. The molecule has 0 radical (unpaired) electrons. The van der Waals surface area contributed by atoms with Gasteiger partial charge in [-0.25, -0.2) is 0 Å². The summed E-state index contributed by atoms with van der Waals surface area (Å²) in [4.78, 5) is 12.7. The van der Waals surface area contributed by atoms with Crippen molar-refractivity contribution in [3.8, 4) is 0 Å². The van der Waals surface area contributed by atoms with E-state index >= 15 is 0 Å². The maximum Gasteiger partial charge on any atom is 0.254 e. The van der Waals surface area contributed by atoms with Gasteiger partial charge >= 0.3 is 0 Å². The lowest BCUT2D eigenvalue weighted by atomic mass is 10.2. The molecule has 4 nitrogen and oxygen atoms in total. The molecule has 0 spiro atoms. The molecule has 0 saturated heterocycles. The normalized spacial score (nSPS) is 9.36. The van der Waals surface area contributed by atoms with E-state index in [0.717, 1.165) is 6.54 Å². The second kappa shape index (κ2) is 9.07. The maximum absolute atomic E-state index is 11.0. The average Bonchev–Trinajstić information content (AvgIpc) is 2.49. The van der Waals surface area contributed by atoms with Crippen LogP contribution >= 0.6 is 12.2 Å². The van der Waals surface area contributed by atoms with Crippen molar-refractivity contribution in [3.05, 3.63) is 66.0 Å². The van der Waals surface area contributed by atoms with Crippen LogP contribution in [-0.2, 0) is 19.2 Å². The highest BCUT2D eigenvalue weighted by Gasteiger charge is 2.07. The number of pyridine rings is 1. The van der Waals surface area contributed by atoms with Gasteiger partial charge in [-0.05, 0) is 6.07 Å². The number of hydrogen-bond donors (Lipinski definition) is 1. The molecule has 6 heteroatoms. The Morgan fingerprint density at radius 2 is 1.82 bits per heavy atom. The molecule has 0 unspecified atom stereocenters. The quantitative estimate of drug-likeness (QED) is 0.525. The molecule has 0 aliphatic rings. The maximum atomic E-state index is 11.0. The number of carbonyl (C=O) groups is 1. The van der Waals surface area contributed by atoms with Gasteiger partial charge in [0.15, 0.2) is 18.9 Å². The van der Waals surface area contributed by atoms with Crippen molar-refractivity contribution in [2.24, 2.45) is 5.73 Å². The van der Waals surface area contributed by atoms with Crippen molar-refractivity contribution >= 4 is 35.1 Å². The second-order valence-corrected chi connectivity index (χ2v) is 5.81. The highest BCUT2D eigenvalue weighted by atomic mass is 32.1. The SMILES string of the molecule is CN(C)C(=S)[S-].NC(=O)c1ccc[n+](Cc2ccccc2)c1. The number of hydrogen-bond acceptors (Lipinski definition) is 3. The van der Waals surface area contributed by atoms with Gasteiger partial charge in [-0.3, -0.25) is 4.79 Å². The predicted octanol–water partition coefficient (Wildman–Crippen LogP) is 1.50. The predicted molar refractivity (Wildman–Crippen MR) is 94.3 cm³/mol. The van der Waals surface area contributed by atoms with Crippen molar-refractivity contribution in [1.29, 1.82) is 0 Å².